The summed E-state index contributed by atoms with van der Waals surface area (Å²) < 4.78 is 40.1. The van der Waals surface area contributed by atoms with Gasteiger partial charge in [-0.25, -0.2) is 12.8 Å². The first-order chi connectivity index (χ1) is 9.70. The lowest BCUT2D eigenvalue weighted by Gasteiger charge is -2.22. The molecule has 0 bridgehead atoms. The van der Waals surface area contributed by atoms with E-state index in [0.29, 0.717) is 13.1 Å². The van der Waals surface area contributed by atoms with Crippen LogP contribution in [0.25, 0.3) is 0 Å². The first kappa shape index (κ1) is 18.4. The molecule has 0 aliphatic rings. The topological polar surface area (TPSA) is 40.6 Å². The SMILES string of the molecule is CCN(CCCN(C)C)S(=O)(=O)c1cc(C)c(F)cc1Cl. The Balaban J connectivity index is 3.05. The van der Waals surface area contributed by atoms with Crippen LogP contribution < -0.4 is 0 Å². The van der Waals surface area contributed by atoms with Crippen LogP contribution in [0.1, 0.15) is 18.9 Å². The second-order valence-corrected chi connectivity index (χ2v) is 7.50. The standard InChI is InChI=1S/C14H22ClFN2O2S/c1-5-18(8-6-7-17(3)4)21(19,20)14-9-11(2)13(16)10-12(14)15/h9-10H,5-8H2,1-4H3. The molecule has 0 saturated heterocycles. The van der Waals surface area contributed by atoms with Gasteiger partial charge in [-0.1, -0.05) is 18.5 Å². The van der Waals surface area contributed by atoms with E-state index >= 15 is 0 Å². The van der Waals surface area contributed by atoms with Crippen molar-refractivity contribution >= 4 is 21.6 Å². The van der Waals surface area contributed by atoms with Gasteiger partial charge in [-0.05, 0) is 51.7 Å². The van der Waals surface area contributed by atoms with Crippen molar-refractivity contribution in [3.05, 3.63) is 28.5 Å². The summed E-state index contributed by atoms with van der Waals surface area (Å²) in [5, 5.41) is -0.0795. The molecule has 21 heavy (non-hydrogen) atoms. The molecule has 1 rings (SSSR count). The average Bonchev–Trinajstić information content (AvgIpc) is 2.38. The van der Waals surface area contributed by atoms with Crippen LogP contribution in [0.2, 0.25) is 5.02 Å². The number of aryl methyl sites for hydroxylation is 1. The molecule has 0 unspecified atom stereocenters. The van der Waals surface area contributed by atoms with Gasteiger partial charge >= 0.3 is 0 Å². The summed E-state index contributed by atoms with van der Waals surface area (Å²) in [6.45, 7) is 4.85. The van der Waals surface area contributed by atoms with Crippen LogP contribution in [0.15, 0.2) is 17.0 Å². The van der Waals surface area contributed by atoms with E-state index in [2.05, 4.69) is 0 Å². The van der Waals surface area contributed by atoms with E-state index < -0.39 is 15.8 Å². The highest BCUT2D eigenvalue weighted by atomic mass is 35.5. The van der Waals surface area contributed by atoms with Gasteiger partial charge in [-0.2, -0.15) is 4.31 Å². The summed E-state index contributed by atoms with van der Waals surface area (Å²) >= 11 is 5.92. The van der Waals surface area contributed by atoms with Crippen LogP contribution in [0.5, 0.6) is 0 Å². The Morgan fingerprint density at radius 3 is 2.38 bits per heavy atom. The molecule has 1 aromatic carbocycles. The zero-order valence-electron chi connectivity index (χ0n) is 12.9. The molecular formula is C14H22ClFN2O2S. The predicted octanol–water partition coefficient (Wildman–Crippen LogP) is 2.75. The van der Waals surface area contributed by atoms with E-state index in [4.69, 9.17) is 11.6 Å². The fourth-order valence-corrected chi connectivity index (χ4v) is 4.04. The third kappa shape index (κ3) is 4.64. The summed E-state index contributed by atoms with van der Waals surface area (Å²) in [6, 6.07) is 2.35. The van der Waals surface area contributed by atoms with Gasteiger partial charge in [0.05, 0.1) is 5.02 Å². The normalized spacial score (nSPS) is 12.4. The molecule has 7 heteroatoms. The maximum atomic E-state index is 13.4. The van der Waals surface area contributed by atoms with Crippen LogP contribution in [-0.4, -0.2) is 51.4 Å². The van der Waals surface area contributed by atoms with Crippen LogP contribution >= 0.6 is 11.6 Å². The van der Waals surface area contributed by atoms with Crippen molar-refractivity contribution in [3.8, 4) is 0 Å². The predicted molar refractivity (Wildman–Crippen MR) is 83.8 cm³/mol. The quantitative estimate of drug-likeness (QED) is 0.768. The average molecular weight is 337 g/mol. The van der Waals surface area contributed by atoms with E-state index in [1.54, 1.807) is 6.92 Å². The fraction of sp³-hybridized carbons (Fsp3) is 0.571. The third-order valence-electron chi connectivity index (χ3n) is 3.20. The summed E-state index contributed by atoms with van der Waals surface area (Å²) in [5.41, 5.74) is 0.266. The van der Waals surface area contributed by atoms with Gasteiger partial charge < -0.3 is 4.90 Å². The van der Waals surface area contributed by atoms with E-state index in [0.717, 1.165) is 19.0 Å². The van der Waals surface area contributed by atoms with Gasteiger partial charge in [0.1, 0.15) is 10.7 Å². The molecule has 120 valence electrons. The van der Waals surface area contributed by atoms with Gasteiger partial charge in [0, 0.05) is 13.1 Å². The Hall–Kier alpha value is -0.690. The minimum Gasteiger partial charge on any atom is -0.309 e. The Morgan fingerprint density at radius 1 is 1.24 bits per heavy atom. The number of rotatable bonds is 7. The zero-order valence-corrected chi connectivity index (χ0v) is 14.4. The first-order valence-electron chi connectivity index (χ1n) is 6.80. The van der Waals surface area contributed by atoms with Gasteiger partial charge in [0.25, 0.3) is 0 Å². The molecule has 0 aliphatic carbocycles. The van der Waals surface area contributed by atoms with Gasteiger partial charge in [0.2, 0.25) is 10.0 Å². The molecule has 1 aromatic rings. The Labute approximate surface area is 131 Å². The molecule has 0 saturated carbocycles. The highest BCUT2D eigenvalue weighted by Gasteiger charge is 2.26. The molecular weight excluding hydrogens is 315 g/mol. The van der Waals surface area contributed by atoms with E-state index in [1.807, 2.05) is 19.0 Å². The summed E-state index contributed by atoms with van der Waals surface area (Å²) in [7, 11) is 0.168. The highest BCUT2D eigenvalue weighted by molar-refractivity contribution is 7.89. The second-order valence-electron chi connectivity index (χ2n) is 5.19. The smallest absolute Gasteiger partial charge is 0.244 e. The number of benzene rings is 1. The molecule has 0 aromatic heterocycles. The van der Waals surface area contributed by atoms with E-state index in [1.165, 1.54) is 17.3 Å². The number of nitrogens with zero attached hydrogens (tertiary/aromatic N) is 2. The van der Waals surface area contributed by atoms with Gasteiger partial charge in [-0.15, -0.1) is 0 Å². The molecule has 0 N–H and O–H groups in total. The van der Waals surface area contributed by atoms with Crippen molar-refractivity contribution in [1.29, 1.82) is 0 Å². The van der Waals surface area contributed by atoms with E-state index in [9.17, 15) is 12.8 Å². The Kier molecular flexibility index (Phi) is 6.59. The monoisotopic (exact) mass is 336 g/mol. The van der Waals surface area contributed by atoms with E-state index in [-0.39, 0.29) is 15.5 Å². The Bertz CT molecular complexity index is 591. The molecule has 0 atom stereocenters. The van der Waals surface area contributed by atoms with Crippen molar-refractivity contribution in [2.24, 2.45) is 0 Å². The first-order valence-corrected chi connectivity index (χ1v) is 8.62. The van der Waals surface area contributed by atoms with Crippen LogP contribution in [-0.2, 0) is 10.0 Å². The minimum atomic E-state index is -3.70. The lowest BCUT2D eigenvalue weighted by Crippen LogP contribution is -2.33. The highest BCUT2D eigenvalue weighted by Crippen LogP contribution is 2.27. The van der Waals surface area contributed by atoms with Crippen LogP contribution in [0.3, 0.4) is 0 Å². The van der Waals surface area contributed by atoms with Crippen molar-refractivity contribution in [2.75, 3.05) is 33.7 Å². The maximum absolute atomic E-state index is 13.4. The van der Waals surface area contributed by atoms with Gasteiger partial charge in [0.15, 0.2) is 0 Å². The van der Waals surface area contributed by atoms with Crippen molar-refractivity contribution in [3.63, 3.8) is 0 Å². The third-order valence-corrected chi connectivity index (χ3v) is 5.64. The largest absolute Gasteiger partial charge is 0.309 e. The minimum absolute atomic E-state index is 0.0326. The molecule has 0 fully saturated rings. The molecule has 4 nitrogen and oxygen atoms in total. The number of halogens is 2. The Morgan fingerprint density at radius 2 is 1.86 bits per heavy atom. The molecule has 0 spiro atoms. The van der Waals surface area contributed by atoms with Crippen LogP contribution in [0.4, 0.5) is 4.39 Å². The number of hydrogen-bond donors (Lipinski definition) is 0. The van der Waals surface area contributed by atoms with Crippen molar-refractivity contribution in [1.82, 2.24) is 9.21 Å². The zero-order chi connectivity index (χ0) is 16.2. The lowest BCUT2D eigenvalue weighted by molar-refractivity contribution is 0.356. The maximum Gasteiger partial charge on any atom is 0.244 e. The fourth-order valence-electron chi connectivity index (χ4n) is 1.98. The number of hydrogen-bond acceptors (Lipinski definition) is 3. The molecule has 0 heterocycles. The summed E-state index contributed by atoms with van der Waals surface area (Å²) in [6.07, 6.45) is 0.720. The molecule has 0 amide bonds. The van der Waals surface area contributed by atoms with Crippen molar-refractivity contribution < 1.29 is 12.8 Å². The van der Waals surface area contributed by atoms with Crippen molar-refractivity contribution in [2.45, 2.75) is 25.2 Å². The van der Waals surface area contributed by atoms with Gasteiger partial charge in [-0.3, -0.25) is 0 Å². The summed E-state index contributed by atoms with van der Waals surface area (Å²) in [4.78, 5) is 1.96. The summed E-state index contributed by atoms with van der Waals surface area (Å²) in [5.74, 6) is -0.505. The number of sulfonamides is 1. The van der Waals surface area contributed by atoms with Crippen LogP contribution in [0, 0.1) is 12.7 Å². The molecule has 0 aliphatic heterocycles. The molecule has 0 radical (unpaired) electrons. The second kappa shape index (κ2) is 7.54. The lowest BCUT2D eigenvalue weighted by atomic mass is 10.2.